The molecular formula is C12H23NO2S. The first kappa shape index (κ1) is 12.7. The van der Waals surface area contributed by atoms with Gasteiger partial charge in [0, 0.05) is 19.7 Å². The highest BCUT2D eigenvalue weighted by Gasteiger charge is 2.34. The van der Waals surface area contributed by atoms with Gasteiger partial charge in [-0.1, -0.05) is 0 Å². The number of rotatable bonds is 6. The predicted molar refractivity (Wildman–Crippen MR) is 67.9 cm³/mol. The average Bonchev–Trinajstić information content (AvgIpc) is 3.09. The Morgan fingerprint density at radius 2 is 2.12 bits per heavy atom. The SMILES string of the molecule is COCC(NCC1(O)CCSCC1)C1CC1. The van der Waals surface area contributed by atoms with Crippen LogP contribution in [-0.2, 0) is 4.74 Å². The van der Waals surface area contributed by atoms with E-state index in [1.54, 1.807) is 7.11 Å². The van der Waals surface area contributed by atoms with Crippen molar-refractivity contribution in [2.24, 2.45) is 5.92 Å². The molecule has 4 heteroatoms. The summed E-state index contributed by atoms with van der Waals surface area (Å²) < 4.78 is 5.23. The summed E-state index contributed by atoms with van der Waals surface area (Å²) in [5.41, 5.74) is -0.466. The molecule has 0 aromatic heterocycles. The first-order valence-electron chi connectivity index (χ1n) is 6.26. The van der Waals surface area contributed by atoms with Crippen LogP contribution in [0.1, 0.15) is 25.7 Å². The summed E-state index contributed by atoms with van der Waals surface area (Å²) in [7, 11) is 1.75. The van der Waals surface area contributed by atoms with E-state index in [1.165, 1.54) is 12.8 Å². The molecule has 1 saturated heterocycles. The molecular weight excluding hydrogens is 222 g/mol. The zero-order valence-electron chi connectivity index (χ0n) is 10.1. The van der Waals surface area contributed by atoms with E-state index in [-0.39, 0.29) is 0 Å². The maximum absolute atomic E-state index is 10.4. The molecule has 1 heterocycles. The minimum absolute atomic E-state index is 0.448. The maximum atomic E-state index is 10.4. The van der Waals surface area contributed by atoms with Crippen LogP contribution >= 0.6 is 11.8 Å². The van der Waals surface area contributed by atoms with Gasteiger partial charge in [0.2, 0.25) is 0 Å². The van der Waals surface area contributed by atoms with Crippen molar-refractivity contribution < 1.29 is 9.84 Å². The Morgan fingerprint density at radius 1 is 1.44 bits per heavy atom. The van der Waals surface area contributed by atoms with Crippen LogP contribution in [0.4, 0.5) is 0 Å². The van der Waals surface area contributed by atoms with Gasteiger partial charge in [-0.15, -0.1) is 0 Å². The summed E-state index contributed by atoms with van der Waals surface area (Å²) in [6.07, 6.45) is 4.48. The summed E-state index contributed by atoms with van der Waals surface area (Å²) >= 11 is 1.95. The quantitative estimate of drug-likeness (QED) is 0.739. The molecule has 1 saturated carbocycles. The van der Waals surface area contributed by atoms with Crippen LogP contribution in [-0.4, -0.2) is 48.5 Å². The van der Waals surface area contributed by atoms with Crippen LogP contribution < -0.4 is 5.32 Å². The predicted octanol–water partition coefficient (Wildman–Crippen LogP) is 1.26. The molecule has 0 radical (unpaired) electrons. The lowest BCUT2D eigenvalue weighted by Crippen LogP contribution is -2.48. The molecule has 2 N–H and O–H groups in total. The number of ether oxygens (including phenoxy) is 1. The number of methoxy groups -OCH3 is 1. The lowest BCUT2D eigenvalue weighted by atomic mass is 9.96. The molecule has 3 nitrogen and oxygen atoms in total. The second-order valence-electron chi connectivity index (χ2n) is 5.12. The van der Waals surface area contributed by atoms with E-state index < -0.39 is 5.60 Å². The zero-order chi connectivity index (χ0) is 11.4. The molecule has 1 aliphatic heterocycles. The molecule has 0 aromatic carbocycles. The Bertz CT molecular complexity index is 215. The molecule has 1 unspecified atom stereocenters. The largest absolute Gasteiger partial charge is 0.389 e. The highest BCUT2D eigenvalue weighted by Crippen LogP contribution is 2.33. The molecule has 0 aromatic rings. The van der Waals surface area contributed by atoms with Gasteiger partial charge in [0.05, 0.1) is 12.2 Å². The fourth-order valence-electron chi connectivity index (χ4n) is 2.29. The third-order valence-corrected chi connectivity index (χ3v) is 4.64. The van der Waals surface area contributed by atoms with E-state index in [4.69, 9.17) is 4.74 Å². The van der Waals surface area contributed by atoms with Gasteiger partial charge in [-0.25, -0.2) is 0 Å². The zero-order valence-corrected chi connectivity index (χ0v) is 10.9. The Morgan fingerprint density at radius 3 is 2.69 bits per heavy atom. The van der Waals surface area contributed by atoms with Crippen molar-refractivity contribution in [3.05, 3.63) is 0 Å². The van der Waals surface area contributed by atoms with Crippen molar-refractivity contribution in [2.45, 2.75) is 37.3 Å². The van der Waals surface area contributed by atoms with Crippen molar-refractivity contribution in [2.75, 3.05) is 31.8 Å². The van der Waals surface area contributed by atoms with Crippen molar-refractivity contribution in [3.63, 3.8) is 0 Å². The highest BCUT2D eigenvalue weighted by molar-refractivity contribution is 7.99. The third kappa shape index (κ3) is 3.62. The van der Waals surface area contributed by atoms with Gasteiger partial charge < -0.3 is 15.2 Å². The van der Waals surface area contributed by atoms with Gasteiger partial charge in [0.15, 0.2) is 0 Å². The minimum Gasteiger partial charge on any atom is -0.389 e. The number of hydrogen-bond acceptors (Lipinski definition) is 4. The Hall–Kier alpha value is 0.230. The highest BCUT2D eigenvalue weighted by atomic mass is 32.2. The number of hydrogen-bond donors (Lipinski definition) is 2. The fraction of sp³-hybridized carbons (Fsp3) is 1.00. The van der Waals surface area contributed by atoms with E-state index in [0.29, 0.717) is 6.04 Å². The lowest BCUT2D eigenvalue weighted by Gasteiger charge is -2.33. The smallest absolute Gasteiger partial charge is 0.0787 e. The summed E-state index contributed by atoms with van der Waals surface area (Å²) in [6, 6.07) is 0.448. The van der Waals surface area contributed by atoms with Gasteiger partial charge in [-0.05, 0) is 43.1 Å². The molecule has 94 valence electrons. The van der Waals surface area contributed by atoms with Gasteiger partial charge in [-0.3, -0.25) is 0 Å². The van der Waals surface area contributed by atoms with Crippen LogP contribution in [0.2, 0.25) is 0 Å². The Labute approximate surface area is 102 Å². The maximum Gasteiger partial charge on any atom is 0.0787 e. The Balaban J connectivity index is 1.75. The second kappa shape index (κ2) is 5.71. The number of nitrogens with one attached hydrogen (secondary N) is 1. The Kier molecular flexibility index (Phi) is 4.53. The first-order valence-corrected chi connectivity index (χ1v) is 7.41. The molecule has 0 amide bonds. The molecule has 2 rings (SSSR count). The first-order chi connectivity index (χ1) is 7.73. The topological polar surface area (TPSA) is 41.5 Å². The van der Waals surface area contributed by atoms with E-state index in [0.717, 1.165) is 43.4 Å². The molecule has 2 fully saturated rings. The van der Waals surface area contributed by atoms with Crippen LogP contribution in [0.3, 0.4) is 0 Å². The summed E-state index contributed by atoms with van der Waals surface area (Å²) in [6.45, 7) is 1.51. The standard InChI is InChI=1S/C12H23NO2S/c1-15-8-11(10-2-3-10)13-9-12(14)4-6-16-7-5-12/h10-11,13-14H,2-9H2,1H3. The van der Waals surface area contributed by atoms with Gasteiger partial charge in [0.1, 0.15) is 0 Å². The van der Waals surface area contributed by atoms with Crippen molar-refractivity contribution in [1.82, 2.24) is 5.32 Å². The molecule has 0 bridgehead atoms. The van der Waals surface area contributed by atoms with Gasteiger partial charge >= 0.3 is 0 Å². The fourth-order valence-corrected chi connectivity index (χ4v) is 3.54. The van der Waals surface area contributed by atoms with Crippen LogP contribution in [0.15, 0.2) is 0 Å². The van der Waals surface area contributed by atoms with Gasteiger partial charge in [0.25, 0.3) is 0 Å². The van der Waals surface area contributed by atoms with E-state index in [9.17, 15) is 5.11 Å². The number of thioether (sulfide) groups is 1. The van der Waals surface area contributed by atoms with Crippen LogP contribution in [0.25, 0.3) is 0 Å². The van der Waals surface area contributed by atoms with Crippen molar-refractivity contribution in [1.29, 1.82) is 0 Å². The molecule has 1 aliphatic carbocycles. The van der Waals surface area contributed by atoms with Crippen molar-refractivity contribution in [3.8, 4) is 0 Å². The minimum atomic E-state index is -0.466. The van der Waals surface area contributed by atoms with E-state index >= 15 is 0 Å². The summed E-state index contributed by atoms with van der Waals surface area (Å²) in [5, 5.41) is 13.9. The average molecular weight is 245 g/mol. The third-order valence-electron chi connectivity index (χ3n) is 3.65. The molecule has 2 aliphatic rings. The number of aliphatic hydroxyl groups is 1. The van der Waals surface area contributed by atoms with E-state index in [1.807, 2.05) is 11.8 Å². The van der Waals surface area contributed by atoms with E-state index in [2.05, 4.69) is 5.32 Å². The lowest BCUT2D eigenvalue weighted by molar-refractivity contribution is 0.0250. The molecule has 1 atom stereocenters. The van der Waals surface area contributed by atoms with Crippen LogP contribution in [0, 0.1) is 5.92 Å². The van der Waals surface area contributed by atoms with Crippen molar-refractivity contribution >= 4 is 11.8 Å². The van der Waals surface area contributed by atoms with Crippen LogP contribution in [0.5, 0.6) is 0 Å². The van der Waals surface area contributed by atoms with Gasteiger partial charge in [-0.2, -0.15) is 11.8 Å². The second-order valence-corrected chi connectivity index (χ2v) is 6.34. The summed E-state index contributed by atoms with van der Waals surface area (Å²) in [4.78, 5) is 0. The normalized spacial score (nSPS) is 26.6. The monoisotopic (exact) mass is 245 g/mol. The molecule has 0 spiro atoms. The summed E-state index contributed by atoms with van der Waals surface area (Å²) in [5.74, 6) is 2.97. The molecule has 16 heavy (non-hydrogen) atoms.